The molecule has 2 aromatic carbocycles. The molecule has 0 bridgehead atoms. The zero-order chi connectivity index (χ0) is 21.2. The maximum Gasteiger partial charge on any atom is 0.241 e. The zero-order valence-corrected chi connectivity index (χ0v) is 16.7. The van der Waals surface area contributed by atoms with Gasteiger partial charge >= 0.3 is 0 Å². The van der Waals surface area contributed by atoms with Gasteiger partial charge in [-0.2, -0.15) is 0 Å². The highest BCUT2D eigenvalue weighted by molar-refractivity contribution is 5.95. The molecule has 1 N–H and O–H groups in total. The standard InChI is InChI=1S/C23H21FN4O3/c24-18-8-20(28(12-18)11-16-2-1-3-21-22(16)31-14-30-21)23(29)27-19-6-4-15(5-7-19)17-9-25-13-26-10-17/h1-7,9-10,13,18,20H,8,11-12,14H2,(H,27,29)/t18-,20+/m0/s1. The van der Waals surface area contributed by atoms with Crippen molar-refractivity contribution in [3.8, 4) is 22.6 Å². The Labute approximate surface area is 178 Å². The Balaban J connectivity index is 1.28. The van der Waals surface area contributed by atoms with Crippen LogP contribution in [-0.2, 0) is 11.3 Å². The summed E-state index contributed by atoms with van der Waals surface area (Å²) in [4.78, 5) is 22.8. The van der Waals surface area contributed by atoms with Gasteiger partial charge in [0, 0.05) is 48.7 Å². The van der Waals surface area contributed by atoms with Gasteiger partial charge in [0.2, 0.25) is 12.7 Å². The number of likely N-dealkylation sites (tertiary alicyclic amines) is 1. The van der Waals surface area contributed by atoms with Gasteiger partial charge in [-0.15, -0.1) is 0 Å². The number of hydrogen-bond donors (Lipinski definition) is 1. The van der Waals surface area contributed by atoms with E-state index in [1.54, 1.807) is 12.4 Å². The molecule has 0 aliphatic carbocycles. The van der Waals surface area contributed by atoms with Gasteiger partial charge in [0.25, 0.3) is 0 Å². The molecule has 7 nitrogen and oxygen atoms in total. The second kappa shape index (κ2) is 8.31. The highest BCUT2D eigenvalue weighted by Crippen LogP contribution is 2.37. The van der Waals surface area contributed by atoms with Crippen LogP contribution in [0.5, 0.6) is 11.5 Å². The Kier molecular flexibility index (Phi) is 5.21. The lowest BCUT2D eigenvalue weighted by Crippen LogP contribution is -2.39. The van der Waals surface area contributed by atoms with Gasteiger partial charge in [-0.3, -0.25) is 9.69 Å². The third-order valence-corrected chi connectivity index (χ3v) is 5.55. The molecule has 3 aromatic rings. The Morgan fingerprint density at radius 2 is 1.90 bits per heavy atom. The van der Waals surface area contributed by atoms with E-state index < -0.39 is 12.2 Å². The van der Waals surface area contributed by atoms with Crippen LogP contribution >= 0.6 is 0 Å². The molecule has 0 unspecified atom stereocenters. The molecule has 5 rings (SSSR count). The van der Waals surface area contributed by atoms with Crippen LogP contribution in [0.1, 0.15) is 12.0 Å². The molecule has 2 aliphatic rings. The average Bonchev–Trinajstić information content (AvgIpc) is 3.42. The molecule has 8 heteroatoms. The minimum Gasteiger partial charge on any atom is -0.454 e. The van der Waals surface area contributed by atoms with Gasteiger partial charge < -0.3 is 14.8 Å². The minimum atomic E-state index is -1.05. The Hall–Kier alpha value is -3.52. The van der Waals surface area contributed by atoms with Crippen LogP contribution in [0.3, 0.4) is 0 Å². The first-order chi connectivity index (χ1) is 15.2. The number of carbonyl (C=O) groups excluding carboxylic acids is 1. The van der Waals surface area contributed by atoms with Crippen molar-refractivity contribution in [3.05, 3.63) is 66.7 Å². The number of hydrogen-bond acceptors (Lipinski definition) is 6. The van der Waals surface area contributed by atoms with E-state index in [1.807, 2.05) is 47.4 Å². The molecule has 2 aliphatic heterocycles. The first-order valence-electron chi connectivity index (χ1n) is 10.1. The summed E-state index contributed by atoms with van der Waals surface area (Å²) in [5.41, 5.74) is 3.39. The number of rotatable bonds is 5. The van der Waals surface area contributed by atoms with Gasteiger partial charge in [0.05, 0.1) is 6.04 Å². The monoisotopic (exact) mass is 420 g/mol. The lowest BCUT2D eigenvalue weighted by Gasteiger charge is -2.24. The van der Waals surface area contributed by atoms with Crippen molar-refractivity contribution in [2.24, 2.45) is 0 Å². The largest absolute Gasteiger partial charge is 0.454 e. The summed E-state index contributed by atoms with van der Waals surface area (Å²) >= 11 is 0. The second-order valence-electron chi connectivity index (χ2n) is 7.62. The molecule has 0 radical (unpaired) electrons. The van der Waals surface area contributed by atoms with Gasteiger partial charge in [-0.25, -0.2) is 14.4 Å². The Bertz CT molecular complexity index is 1080. The first kappa shape index (κ1) is 19.4. The summed E-state index contributed by atoms with van der Waals surface area (Å²) in [6, 6.07) is 12.5. The van der Waals surface area contributed by atoms with E-state index in [9.17, 15) is 9.18 Å². The molecular weight excluding hydrogens is 399 g/mol. The van der Waals surface area contributed by atoms with Gasteiger partial charge in [0.1, 0.15) is 12.5 Å². The zero-order valence-electron chi connectivity index (χ0n) is 16.7. The van der Waals surface area contributed by atoms with Gasteiger partial charge in [0.15, 0.2) is 11.5 Å². The van der Waals surface area contributed by atoms with Crippen LogP contribution in [0.4, 0.5) is 10.1 Å². The first-order valence-corrected chi connectivity index (χ1v) is 10.1. The Morgan fingerprint density at radius 1 is 1.10 bits per heavy atom. The molecule has 1 aromatic heterocycles. The predicted octanol–water partition coefficient (Wildman–Crippen LogP) is 3.42. The lowest BCUT2D eigenvalue weighted by molar-refractivity contribution is -0.120. The summed E-state index contributed by atoms with van der Waals surface area (Å²) in [6.45, 7) is 0.792. The van der Waals surface area contributed by atoms with E-state index in [4.69, 9.17) is 9.47 Å². The molecule has 31 heavy (non-hydrogen) atoms. The lowest BCUT2D eigenvalue weighted by atomic mass is 10.1. The highest BCUT2D eigenvalue weighted by Gasteiger charge is 2.37. The quantitative estimate of drug-likeness (QED) is 0.682. The van der Waals surface area contributed by atoms with Gasteiger partial charge in [-0.1, -0.05) is 24.3 Å². The van der Waals surface area contributed by atoms with Crippen molar-refractivity contribution in [1.82, 2.24) is 14.9 Å². The Morgan fingerprint density at radius 3 is 2.71 bits per heavy atom. The minimum absolute atomic E-state index is 0.164. The van der Waals surface area contributed by atoms with E-state index in [-0.39, 0.29) is 25.7 Å². The maximum absolute atomic E-state index is 14.3. The summed E-state index contributed by atoms with van der Waals surface area (Å²) < 4.78 is 25.2. The fourth-order valence-corrected chi connectivity index (χ4v) is 4.05. The number of amides is 1. The number of anilines is 1. The second-order valence-corrected chi connectivity index (χ2v) is 7.62. The molecule has 1 saturated heterocycles. The van der Waals surface area contributed by atoms with Crippen molar-refractivity contribution < 1.29 is 18.7 Å². The number of halogens is 1. The van der Waals surface area contributed by atoms with Crippen LogP contribution in [-0.4, -0.2) is 46.3 Å². The summed E-state index contributed by atoms with van der Waals surface area (Å²) in [5, 5.41) is 2.92. The topological polar surface area (TPSA) is 76.6 Å². The number of para-hydroxylation sites is 1. The summed E-state index contributed by atoms with van der Waals surface area (Å²) in [5.74, 6) is 1.13. The van der Waals surface area contributed by atoms with E-state index in [1.165, 1.54) is 6.33 Å². The van der Waals surface area contributed by atoms with Crippen LogP contribution in [0.25, 0.3) is 11.1 Å². The third kappa shape index (κ3) is 4.06. The maximum atomic E-state index is 14.3. The van der Waals surface area contributed by atoms with Crippen molar-refractivity contribution in [3.63, 3.8) is 0 Å². The van der Waals surface area contributed by atoms with Crippen molar-refractivity contribution in [2.75, 3.05) is 18.7 Å². The summed E-state index contributed by atoms with van der Waals surface area (Å²) in [6.07, 6.45) is 4.05. The van der Waals surface area contributed by atoms with Crippen LogP contribution < -0.4 is 14.8 Å². The van der Waals surface area contributed by atoms with Crippen LogP contribution in [0, 0.1) is 0 Å². The fourth-order valence-electron chi connectivity index (χ4n) is 4.05. The van der Waals surface area contributed by atoms with Crippen molar-refractivity contribution in [1.29, 1.82) is 0 Å². The average molecular weight is 420 g/mol. The van der Waals surface area contributed by atoms with E-state index in [0.29, 0.717) is 23.7 Å². The number of benzene rings is 2. The van der Waals surface area contributed by atoms with Crippen LogP contribution in [0.2, 0.25) is 0 Å². The van der Waals surface area contributed by atoms with Gasteiger partial charge in [-0.05, 0) is 23.8 Å². The van der Waals surface area contributed by atoms with E-state index >= 15 is 0 Å². The molecule has 0 spiro atoms. The molecule has 3 heterocycles. The SMILES string of the molecule is O=C(Nc1ccc(-c2cncnc2)cc1)[C@H]1C[C@H](F)CN1Cc1cccc2c1OCO2. The number of alkyl halides is 1. The molecule has 158 valence electrons. The highest BCUT2D eigenvalue weighted by atomic mass is 19.1. The summed E-state index contributed by atoms with van der Waals surface area (Å²) in [7, 11) is 0. The van der Waals surface area contributed by atoms with E-state index in [0.717, 1.165) is 16.7 Å². The number of aromatic nitrogens is 2. The normalized spacial score (nSPS) is 20.0. The predicted molar refractivity (Wildman–Crippen MR) is 112 cm³/mol. The number of nitrogens with one attached hydrogen (secondary N) is 1. The number of ether oxygens (including phenoxy) is 2. The number of fused-ring (bicyclic) bond motifs is 1. The molecule has 1 fully saturated rings. The van der Waals surface area contributed by atoms with Crippen molar-refractivity contribution >= 4 is 11.6 Å². The molecule has 2 atom stereocenters. The number of carbonyl (C=O) groups is 1. The third-order valence-electron chi connectivity index (χ3n) is 5.55. The molecule has 0 saturated carbocycles. The fraction of sp³-hybridized carbons (Fsp3) is 0.261. The smallest absolute Gasteiger partial charge is 0.241 e. The van der Waals surface area contributed by atoms with Crippen LogP contribution in [0.15, 0.2) is 61.2 Å². The van der Waals surface area contributed by atoms with Crippen molar-refractivity contribution in [2.45, 2.75) is 25.2 Å². The molecular formula is C23H21FN4O3. The molecule has 1 amide bonds. The number of nitrogens with zero attached hydrogens (tertiary/aromatic N) is 3. The van der Waals surface area contributed by atoms with E-state index in [2.05, 4.69) is 15.3 Å².